The molecule has 2 unspecified atom stereocenters. The number of nitrogens with one attached hydrogen (secondary N) is 2. The van der Waals surface area contributed by atoms with Gasteiger partial charge in [0.25, 0.3) is 0 Å². The average molecular weight is 426 g/mol. The Kier molecular flexibility index (Phi) is 4.21. The van der Waals surface area contributed by atoms with Gasteiger partial charge >= 0.3 is 0 Å². The van der Waals surface area contributed by atoms with Crippen molar-refractivity contribution in [1.82, 2.24) is 10.6 Å². The highest BCUT2D eigenvalue weighted by Crippen LogP contribution is 2.43. The van der Waals surface area contributed by atoms with E-state index in [2.05, 4.69) is 10.6 Å². The van der Waals surface area contributed by atoms with Gasteiger partial charge in [-0.05, 0) is 59.7 Å². The zero-order chi connectivity index (χ0) is 21.8. The molecule has 2 aliphatic heterocycles. The normalized spacial score (nSPS) is 19.1. The van der Waals surface area contributed by atoms with E-state index in [1.54, 1.807) is 12.5 Å². The fourth-order valence-electron chi connectivity index (χ4n) is 5.02. The van der Waals surface area contributed by atoms with Crippen LogP contribution in [0.15, 0.2) is 69.9 Å². The average Bonchev–Trinajstić information content (AvgIpc) is 3.60. The largest absolute Gasteiger partial charge is 0.464 e. The number of carbonyl (C=O) groups excluding carboxylic acids is 1. The molecule has 0 bridgehead atoms. The summed E-state index contributed by atoms with van der Waals surface area (Å²) in [6.07, 6.45) is 3.28. The highest BCUT2D eigenvalue weighted by molar-refractivity contribution is 5.96. The molecular formula is C25H22N4O3. The lowest BCUT2D eigenvalue weighted by Gasteiger charge is -2.20. The maximum absolute atomic E-state index is 13.8. The molecule has 32 heavy (non-hydrogen) atoms. The van der Waals surface area contributed by atoms with Crippen LogP contribution in [0.4, 0.5) is 11.4 Å². The monoisotopic (exact) mass is 426 g/mol. The van der Waals surface area contributed by atoms with E-state index >= 15 is 0 Å². The van der Waals surface area contributed by atoms with Crippen LogP contribution in [0.3, 0.4) is 0 Å². The minimum atomic E-state index is -0.532. The van der Waals surface area contributed by atoms with E-state index in [4.69, 9.17) is 20.3 Å². The van der Waals surface area contributed by atoms with Crippen LogP contribution in [0.25, 0.3) is 22.6 Å². The fraction of sp³-hybridized carbons (Fsp3) is 0.160. The topological polar surface area (TPSA) is 119 Å². The predicted molar refractivity (Wildman–Crippen MR) is 121 cm³/mol. The summed E-state index contributed by atoms with van der Waals surface area (Å²) in [6, 6.07) is 14.0. The lowest BCUT2D eigenvalue weighted by Crippen LogP contribution is -2.32. The Morgan fingerprint density at radius 3 is 1.62 bits per heavy atom. The molecule has 7 heteroatoms. The molecule has 0 aliphatic carbocycles. The van der Waals surface area contributed by atoms with Crippen LogP contribution < -0.4 is 22.1 Å². The fourth-order valence-corrected chi connectivity index (χ4v) is 5.02. The van der Waals surface area contributed by atoms with Gasteiger partial charge < -0.3 is 20.3 Å². The molecule has 0 amide bonds. The summed E-state index contributed by atoms with van der Waals surface area (Å²) in [5, 5.41) is 6.73. The molecular weight excluding hydrogens is 404 g/mol. The quantitative estimate of drug-likeness (QED) is 0.365. The zero-order valence-corrected chi connectivity index (χ0v) is 17.2. The lowest BCUT2D eigenvalue weighted by molar-refractivity contribution is -0.123. The third-order valence-corrected chi connectivity index (χ3v) is 6.47. The summed E-state index contributed by atoms with van der Waals surface area (Å²) in [7, 11) is 0. The summed E-state index contributed by atoms with van der Waals surface area (Å²) in [5.41, 5.74) is 19.4. The Balaban J connectivity index is 1.40. The van der Waals surface area contributed by atoms with E-state index < -0.39 is 12.1 Å². The minimum absolute atomic E-state index is 0.00547. The Morgan fingerprint density at radius 1 is 0.750 bits per heavy atom. The Morgan fingerprint density at radius 2 is 1.22 bits per heavy atom. The van der Waals surface area contributed by atoms with Crippen molar-refractivity contribution in [2.24, 2.45) is 0 Å². The van der Waals surface area contributed by atoms with Crippen LogP contribution in [0, 0.1) is 0 Å². The van der Waals surface area contributed by atoms with E-state index in [1.807, 2.05) is 48.5 Å². The third kappa shape index (κ3) is 2.72. The molecule has 6 N–H and O–H groups in total. The molecule has 0 saturated carbocycles. The first kappa shape index (κ1) is 18.9. The van der Waals surface area contributed by atoms with Gasteiger partial charge in [-0.2, -0.15) is 0 Å². The summed E-state index contributed by atoms with van der Waals surface area (Å²) >= 11 is 0. The first-order valence-corrected chi connectivity index (χ1v) is 10.5. The van der Waals surface area contributed by atoms with Gasteiger partial charge in [0.15, 0.2) is 5.78 Å². The first-order valence-electron chi connectivity index (χ1n) is 10.5. The number of furan rings is 2. The van der Waals surface area contributed by atoms with Crippen LogP contribution >= 0.6 is 0 Å². The standard InChI is InChI=1S/C25H22N4O3/c26-17-7-5-13(19-3-1-9-31-19)15-11-28-23(21(15)17)25(30)24-22-16(12-29-24)14(6-8-18(22)27)20-4-2-10-32-20/h1-10,23-24,28-29H,11-12,26-27H2. The SMILES string of the molecule is Nc1ccc(-c2ccco2)c2c1C(C(=O)C1NCc3c(-c4ccco4)ccc(N)c31)NC2. The van der Waals surface area contributed by atoms with E-state index in [1.165, 1.54) is 0 Å². The Hall–Kier alpha value is -3.81. The number of rotatable bonds is 4. The van der Waals surface area contributed by atoms with Gasteiger partial charge in [-0.25, -0.2) is 0 Å². The number of hydrogen-bond donors (Lipinski definition) is 4. The van der Waals surface area contributed by atoms with E-state index in [-0.39, 0.29) is 5.78 Å². The molecule has 160 valence electrons. The Labute approximate surface area is 184 Å². The van der Waals surface area contributed by atoms with Crippen molar-refractivity contribution in [3.05, 3.63) is 83.3 Å². The van der Waals surface area contributed by atoms with Gasteiger partial charge in [0.1, 0.15) is 11.5 Å². The highest BCUT2D eigenvalue weighted by atomic mass is 16.3. The first-order chi connectivity index (χ1) is 15.6. The van der Waals surface area contributed by atoms with Crippen molar-refractivity contribution in [1.29, 1.82) is 0 Å². The van der Waals surface area contributed by atoms with E-state index in [0.29, 0.717) is 24.5 Å². The number of hydrogen-bond acceptors (Lipinski definition) is 7. The number of ketones is 1. The molecule has 4 heterocycles. The molecule has 0 spiro atoms. The molecule has 0 fully saturated rings. The van der Waals surface area contributed by atoms with Crippen molar-refractivity contribution < 1.29 is 13.6 Å². The molecule has 4 aromatic rings. The molecule has 7 nitrogen and oxygen atoms in total. The van der Waals surface area contributed by atoms with Crippen molar-refractivity contribution in [3.63, 3.8) is 0 Å². The van der Waals surface area contributed by atoms with Crippen LogP contribution in [-0.2, 0) is 17.9 Å². The second-order valence-corrected chi connectivity index (χ2v) is 8.17. The second-order valence-electron chi connectivity index (χ2n) is 8.17. The maximum atomic E-state index is 13.8. The van der Waals surface area contributed by atoms with Gasteiger partial charge in [-0.1, -0.05) is 0 Å². The van der Waals surface area contributed by atoms with E-state index in [0.717, 1.165) is 44.9 Å². The molecule has 2 aromatic carbocycles. The van der Waals surface area contributed by atoms with Crippen LogP contribution in [-0.4, -0.2) is 5.78 Å². The van der Waals surface area contributed by atoms with Crippen molar-refractivity contribution in [2.75, 3.05) is 11.5 Å². The smallest absolute Gasteiger partial charge is 0.175 e. The molecule has 2 aromatic heterocycles. The summed E-state index contributed by atoms with van der Waals surface area (Å²) in [6.45, 7) is 1.07. The molecule has 2 atom stereocenters. The molecule has 2 aliphatic rings. The number of Topliss-reactive ketones (excluding diaryl/α,β-unsaturated/α-hetero) is 1. The number of anilines is 2. The second kappa shape index (κ2) is 7.12. The number of nitrogen functional groups attached to an aromatic ring is 2. The summed E-state index contributed by atoms with van der Waals surface area (Å²) in [5.74, 6) is 1.51. The maximum Gasteiger partial charge on any atom is 0.175 e. The van der Waals surface area contributed by atoms with Crippen LogP contribution in [0.2, 0.25) is 0 Å². The summed E-state index contributed by atoms with van der Waals surface area (Å²) in [4.78, 5) is 13.8. The summed E-state index contributed by atoms with van der Waals surface area (Å²) < 4.78 is 11.2. The predicted octanol–water partition coefficient (Wildman–Crippen LogP) is 3.93. The van der Waals surface area contributed by atoms with Gasteiger partial charge in [0.05, 0.1) is 24.6 Å². The van der Waals surface area contributed by atoms with Crippen LogP contribution in [0.5, 0.6) is 0 Å². The van der Waals surface area contributed by atoms with E-state index in [9.17, 15) is 4.79 Å². The highest BCUT2D eigenvalue weighted by Gasteiger charge is 2.40. The zero-order valence-electron chi connectivity index (χ0n) is 17.2. The van der Waals surface area contributed by atoms with Gasteiger partial charge in [-0.15, -0.1) is 0 Å². The van der Waals surface area contributed by atoms with Crippen LogP contribution in [0.1, 0.15) is 34.3 Å². The van der Waals surface area contributed by atoms with Gasteiger partial charge in [0, 0.05) is 46.7 Å². The number of nitrogens with two attached hydrogens (primary N) is 2. The third-order valence-electron chi connectivity index (χ3n) is 6.47. The molecule has 6 rings (SSSR count). The Bertz CT molecular complexity index is 1220. The van der Waals surface area contributed by atoms with Crippen molar-refractivity contribution >= 4 is 17.2 Å². The number of carbonyl (C=O) groups is 1. The minimum Gasteiger partial charge on any atom is -0.464 e. The molecule has 0 saturated heterocycles. The number of benzene rings is 2. The van der Waals surface area contributed by atoms with Crippen molar-refractivity contribution in [3.8, 4) is 22.6 Å². The lowest BCUT2D eigenvalue weighted by atomic mass is 9.89. The molecule has 0 radical (unpaired) electrons. The van der Waals surface area contributed by atoms with Gasteiger partial charge in [-0.3, -0.25) is 15.4 Å². The number of fused-ring (bicyclic) bond motifs is 2. The van der Waals surface area contributed by atoms with Gasteiger partial charge in [0.2, 0.25) is 0 Å². The van der Waals surface area contributed by atoms with Crippen molar-refractivity contribution in [2.45, 2.75) is 25.2 Å².